The summed E-state index contributed by atoms with van der Waals surface area (Å²) in [5.74, 6) is 1.75. The van der Waals surface area contributed by atoms with E-state index in [0.29, 0.717) is 23.6 Å². The van der Waals surface area contributed by atoms with Crippen molar-refractivity contribution in [1.29, 1.82) is 0 Å². The topological polar surface area (TPSA) is 49.3 Å². The van der Waals surface area contributed by atoms with Crippen LogP contribution in [-0.4, -0.2) is 11.0 Å². The summed E-state index contributed by atoms with van der Waals surface area (Å²) in [6.45, 7) is 11.1. The maximum Gasteiger partial charge on any atom is 0.261 e. The number of aromatic hydroxyl groups is 1. The molecule has 4 heteroatoms. The molecule has 2 aliphatic carbocycles. The zero-order valence-electron chi connectivity index (χ0n) is 15.5. The third-order valence-corrected chi connectivity index (χ3v) is 7.39. The Morgan fingerprint density at radius 2 is 1.92 bits per heavy atom. The molecule has 1 fully saturated rings. The van der Waals surface area contributed by atoms with E-state index in [9.17, 15) is 9.90 Å². The van der Waals surface area contributed by atoms with Gasteiger partial charge in [-0.05, 0) is 72.3 Å². The maximum atomic E-state index is 12.8. The van der Waals surface area contributed by atoms with Crippen molar-refractivity contribution >= 4 is 17.2 Å². The first kappa shape index (κ1) is 16.6. The van der Waals surface area contributed by atoms with E-state index in [1.807, 2.05) is 26.0 Å². The Bertz CT molecular complexity index is 871. The highest BCUT2D eigenvalue weighted by Gasteiger charge is 2.63. The summed E-state index contributed by atoms with van der Waals surface area (Å²) in [6.07, 6.45) is 1.05. The number of phenolic OH excluding ortho intramolecular Hbond substituents is 1. The molecule has 2 aliphatic rings. The van der Waals surface area contributed by atoms with Crippen molar-refractivity contribution in [3.05, 3.63) is 49.7 Å². The molecule has 4 rings (SSSR count). The van der Waals surface area contributed by atoms with Crippen LogP contribution in [-0.2, 0) is 13.0 Å². The van der Waals surface area contributed by atoms with Gasteiger partial charge in [0, 0.05) is 11.4 Å². The third kappa shape index (κ3) is 2.42. The molecular weight excluding hydrogens is 330 g/mol. The van der Waals surface area contributed by atoms with Crippen molar-refractivity contribution in [1.82, 2.24) is 5.32 Å². The van der Waals surface area contributed by atoms with Gasteiger partial charge in [0.25, 0.3) is 5.91 Å². The molecule has 0 saturated heterocycles. The van der Waals surface area contributed by atoms with Crippen LogP contribution in [0.1, 0.15) is 62.1 Å². The molecule has 25 heavy (non-hydrogen) atoms. The highest BCUT2D eigenvalue weighted by atomic mass is 32.1. The number of rotatable bonds is 3. The van der Waals surface area contributed by atoms with Crippen molar-refractivity contribution in [3.8, 4) is 5.75 Å². The minimum absolute atomic E-state index is 0.0387. The van der Waals surface area contributed by atoms with Gasteiger partial charge in [-0.3, -0.25) is 4.79 Å². The van der Waals surface area contributed by atoms with Crippen molar-refractivity contribution in [2.75, 3.05) is 0 Å². The number of thiophene rings is 1. The summed E-state index contributed by atoms with van der Waals surface area (Å²) in [5.41, 5.74) is 5.89. The largest absolute Gasteiger partial charge is 0.507 e. The lowest BCUT2D eigenvalue weighted by Crippen LogP contribution is -2.23. The predicted octanol–water partition coefficient (Wildman–Crippen LogP) is 4.60. The van der Waals surface area contributed by atoms with Crippen molar-refractivity contribution < 1.29 is 9.90 Å². The van der Waals surface area contributed by atoms with Gasteiger partial charge in [-0.15, -0.1) is 11.3 Å². The van der Waals surface area contributed by atoms with Gasteiger partial charge in [0.05, 0.1) is 4.88 Å². The highest BCUT2D eigenvalue weighted by molar-refractivity contribution is 7.14. The monoisotopic (exact) mass is 355 g/mol. The number of carbonyl (C=O) groups is 1. The van der Waals surface area contributed by atoms with E-state index in [1.54, 1.807) is 11.3 Å². The molecule has 0 bridgehead atoms. The molecule has 0 radical (unpaired) electrons. The Kier molecular flexibility index (Phi) is 3.56. The van der Waals surface area contributed by atoms with E-state index in [4.69, 9.17) is 0 Å². The normalized spacial score (nSPS) is 22.4. The van der Waals surface area contributed by atoms with Crippen LogP contribution in [0.2, 0.25) is 0 Å². The fourth-order valence-electron chi connectivity index (χ4n) is 4.73. The first-order valence-corrected chi connectivity index (χ1v) is 9.73. The second-order valence-electron chi connectivity index (χ2n) is 8.25. The van der Waals surface area contributed by atoms with Gasteiger partial charge in [-0.1, -0.05) is 26.0 Å². The zero-order valence-corrected chi connectivity index (χ0v) is 16.3. The minimum atomic E-state index is 0.0387. The standard InChI is InChI=1S/C21H25NO2S/c1-10-6-13(7-11(2)18(10)23)9-22-20(24)19-14-8-15-17(21(15,4)5)16(14)12(3)25-19/h6-7,15,17,23H,8-9H2,1-5H3,(H,22,24)/t15-,17-/m1/s1. The highest BCUT2D eigenvalue weighted by Crippen LogP contribution is 2.71. The first-order chi connectivity index (χ1) is 11.7. The molecule has 2 aromatic rings. The number of carbonyl (C=O) groups excluding carboxylic acids is 1. The molecule has 1 aromatic heterocycles. The van der Waals surface area contributed by atoms with Gasteiger partial charge in [0.2, 0.25) is 0 Å². The van der Waals surface area contributed by atoms with Gasteiger partial charge >= 0.3 is 0 Å². The van der Waals surface area contributed by atoms with E-state index < -0.39 is 0 Å². The van der Waals surface area contributed by atoms with Crippen LogP contribution in [0.15, 0.2) is 12.1 Å². The first-order valence-electron chi connectivity index (χ1n) is 8.91. The number of phenols is 1. The average molecular weight is 356 g/mol. The van der Waals surface area contributed by atoms with Crippen LogP contribution in [0.5, 0.6) is 5.75 Å². The summed E-state index contributed by atoms with van der Waals surface area (Å²) in [5, 5.41) is 13.0. The second kappa shape index (κ2) is 5.34. The fourth-order valence-corrected chi connectivity index (χ4v) is 5.87. The van der Waals surface area contributed by atoms with Gasteiger partial charge in [-0.25, -0.2) is 0 Å². The molecule has 0 aliphatic heterocycles. The molecule has 2 N–H and O–H groups in total. The molecule has 2 atom stereocenters. The molecule has 1 heterocycles. The van der Waals surface area contributed by atoms with Gasteiger partial charge in [0.15, 0.2) is 0 Å². The van der Waals surface area contributed by atoms with Crippen LogP contribution < -0.4 is 5.32 Å². The van der Waals surface area contributed by atoms with Crippen molar-refractivity contribution in [3.63, 3.8) is 0 Å². The fraction of sp³-hybridized carbons (Fsp3) is 0.476. The smallest absolute Gasteiger partial charge is 0.261 e. The average Bonchev–Trinajstić information content (AvgIpc) is 2.90. The Hall–Kier alpha value is -1.81. The van der Waals surface area contributed by atoms with E-state index in [1.165, 1.54) is 16.0 Å². The van der Waals surface area contributed by atoms with E-state index >= 15 is 0 Å². The summed E-state index contributed by atoms with van der Waals surface area (Å²) in [7, 11) is 0. The zero-order chi connectivity index (χ0) is 18.1. The Labute approximate surface area is 153 Å². The number of benzene rings is 1. The van der Waals surface area contributed by atoms with E-state index in [-0.39, 0.29) is 5.91 Å². The Morgan fingerprint density at radius 1 is 1.28 bits per heavy atom. The van der Waals surface area contributed by atoms with Crippen molar-refractivity contribution in [2.45, 2.75) is 53.5 Å². The summed E-state index contributed by atoms with van der Waals surface area (Å²) in [4.78, 5) is 15.0. The number of amides is 1. The summed E-state index contributed by atoms with van der Waals surface area (Å²) < 4.78 is 0. The van der Waals surface area contributed by atoms with Crippen LogP contribution in [0, 0.1) is 32.1 Å². The van der Waals surface area contributed by atoms with Crippen LogP contribution in [0.3, 0.4) is 0 Å². The number of aryl methyl sites for hydroxylation is 3. The van der Waals surface area contributed by atoms with Crippen molar-refractivity contribution in [2.24, 2.45) is 11.3 Å². The van der Waals surface area contributed by atoms with Gasteiger partial charge in [0.1, 0.15) is 5.75 Å². The molecule has 1 aromatic carbocycles. The van der Waals surface area contributed by atoms with E-state index in [2.05, 4.69) is 26.1 Å². The lowest BCUT2D eigenvalue weighted by molar-refractivity contribution is 0.0954. The molecule has 1 amide bonds. The van der Waals surface area contributed by atoms with Crippen LogP contribution in [0.25, 0.3) is 0 Å². The molecular formula is C21H25NO2S. The number of fused-ring (bicyclic) bond motifs is 3. The third-order valence-electron chi connectivity index (χ3n) is 6.23. The molecule has 132 valence electrons. The SMILES string of the molecule is Cc1cc(CNC(=O)c2sc(C)c3c2C[C@@H]2[C@H]3C2(C)C)cc(C)c1O. The van der Waals surface area contributed by atoms with Gasteiger partial charge < -0.3 is 10.4 Å². The van der Waals surface area contributed by atoms with Crippen LogP contribution >= 0.6 is 11.3 Å². The lowest BCUT2D eigenvalue weighted by Gasteiger charge is -2.11. The molecule has 1 saturated carbocycles. The Morgan fingerprint density at radius 3 is 2.56 bits per heavy atom. The molecule has 3 nitrogen and oxygen atoms in total. The number of hydrogen-bond donors (Lipinski definition) is 2. The molecule has 0 spiro atoms. The second-order valence-corrected chi connectivity index (χ2v) is 9.47. The number of nitrogens with one attached hydrogen (secondary N) is 1. The summed E-state index contributed by atoms with van der Waals surface area (Å²) in [6, 6.07) is 3.87. The maximum absolute atomic E-state index is 12.8. The summed E-state index contributed by atoms with van der Waals surface area (Å²) >= 11 is 1.65. The van der Waals surface area contributed by atoms with Gasteiger partial charge in [-0.2, -0.15) is 0 Å². The number of hydrogen-bond acceptors (Lipinski definition) is 3. The lowest BCUT2D eigenvalue weighted by atomic mass is 9.95. The minimum Gasteiger partial charge on any atom is -0.507 e. The Balaban J connectivity index is 1.52. The molecule has 0 unspecified atom stereocenters. The predicted molar refractivity (Wildman–Crippen MR) is 102 cm³/mol. The quantitative estimate of drug-likeness (QED) is 0.845. The van der Waals surface area contributed by atoms with E-state index in [0.717, 1.165) is 33.9 Å². The van der Waals surface area contributed by atoms with Crippen LogP contribution in [0.4, 0.5) is 0 Å².